The first-order valence-corrected chi connectivity index (χ1v) is 9.40. The standard InChI is InChI=1S/C19H26N6O5/c1-11(2)16(23-17(27)12-5-7-14(8-6-12)24-25-21)15(26)10-13(18(28)29)4-3-9-22-19(20)30/h5-8,11,13,16H,3-4,9-10H2,1-2H3,(H,23,27)(H,28,29)(H3,20,22,30)/t13-,16+/m1/s1. The van der Waals surface area contributed by atoms with Gasteiger partial charge in [0.15, 0.2) is 5.78 Å². The zero-order valence-electron chi connectivity index (χ0n) is 16.9. The number of nitrogens with zero attached hydrogens (tertiary/aromatic N) is 3. The van der Waals surface area contributed by atoms with Gasteiger partial charge in [-0.3, -0.25) is 14.4 Å². The number of carbonyl (C=O) groups is 4. The van der Waals surface area contributed by atoms with E-state index in [4.69, 9.17) is 11.3 Å². The molecule has 0 heterocycles. The molecule has 0 aliphatic heterocycles. The van der Waals surface area contributed by atoms with Gasteiger partial charge in [0.2, 0.25) is 0 Å². The molecule has 1 rings (SSSR count). The van der Waals surface area contributed by atoms with Gasteiger partial charge in [-0.1, -0.05) is 31.1 Å². The number of hydrogen-bond donors (Lipinski definition) is 4. The molecule has 1 aromatic rings. The Kier molecular flexibility index (Phi) is 9.84. The maximum absolute atomic E-state index is 12.7. The highest BCUT2D eigenvalue weighted by Gasteiger charge is 2.29. The van der Waals surface area contributed by atoms with E-state index in [1.165, 1.54) is 24.3 Å². The highest BCUT2D eigenvalue weighted by molar-refractivity contribution is 5.98. The van der Waals surface area contributed by atoms with Gasteiger partial charge in [0.1, 0.15) is 0 Å². The lowest BCUT2D eigenvalue weighted by Gasteiger charge is -2.23. The van der Waals surface area contributed by atoms with Crippen LogP contribution in [0.15, 0.2) is 29.4 Å². The lowest BCUT2D eigenvalue weighted by Crippen LogP contribution is -2.45. The van der Waals surface area contributed by atoms with Crippen LogP contribution in [0.2, 0.25) is 0 Å². The van der Waals surface area contributed by atoms with Crippen molar-refractivity contribution >= 4 is 29.4 Å². The number of carboxylic acid groups (broad SMARTS) is 1. The van der Waals surface area contributed by atoms with Crippen LogP contribution in [0.1, 0.15) is 43.5 Å². The second-order valence-corrected chi connectivity index (χ2v) is 7.07. The third-order valence-corrected chi connectivity index (χ3v) is 4.42. The summed E-state index contributed by atoms with van der Waals surface area (Å²) in [4.78, 5) is 50.0. The Balaban J connectivity index is 2.77. The molecular weight excluding hydrogens is 392 g/mol. The first-order valence-electron chi connectivity index (χ1n) is 9.40. The Hall–Kier alpha value is -3.59. The van der Waals surface area contributed by atoms with Gasteiger partial charge in [-0.05, 0) is 36.4 Å². The average molecular weight is 418 g/mol. The minimum atomic E-state index is -1.12. The van der Waals surface area contributed by atoms with Gasteiger partial charge in [0.25, 0.3) is 5.91 Å². The molecule has 0 radical (unpaired) electrons. The van der Waals surface area contributed by atoms with E-state index in [9.17, 15) is 24.3 Å². The average Bonchev–Trinajstić information content (AvgIpc) is 2.68. The van der Waals surface area contributed by atoms with Crippen molar-refractivity contribution in [1.82, 2.24) is 10.6 Å². The molecule has 0 aliphatic rings. The maximum Gasteiger partial charge on any atom is 0.312 e. The van der Waals surface area contributed by atoms with E-state index in [1.807, 2.05) is 0 Å². The first-order chi connectivity index (χ1) is 14.1. The smallest absolute Gasteiger partial charge is 0.312 e. The summed E-state index contributed by atoms with van der Waals surface area (Å²) in [5.74, 6) is -3.19. The quantitative estimate of drug-likeness (QED) is 0.175. The molecule has 0 bridgehead atoms. The Labute approximate surface area is 173 Å². The minimum Gasteiger partial charge on any atom is -0.481 e. The number of aliphatic carboxylic acids is 1. The molecule has 0 unspecified atom stereocenters. The van der Waals surface area contributed by atoms with E-state index < -0.39 is 29.9 Å². The third-order valence-electron chi connectivity index (χ3n) is 4.42. The summed E-state index contributed by atoms with van der Waals surface area (Å²) >= 11 is 0. The van der Waals surface area contributed by atoms with E-state index in [1.54, 1.807) is 13.8 Å². The molecule has 2 atom stereocenters. The Bertz CT molecular complexity index is 817. The number of carbonyl (C=O) groups excluding carboxylic acids is 3. The fraction of sp³-hybridized carbons (Fsp3) is 0.474. The lowest BCUT2D eigenvalue weighted by atomic mass is 9.90. The summed E-state index contributed by atoms with van der Waals surface area (Å²) in [6.45, 7) is 3.71. The lowest BCUT2D eigenvalue weighted by molar-refractivity contribution is -0.144. The topological polar surface area (TPSA) is 187 Å². The number of nitrogens with two attached hydrogens (primary N) is 1. The molecular formula is C19H26N6O5. The summed E-state index contributed by atoms with van der Waals surface area (Å²) in [7, 11) is 0. The van der Waals surface area contributed by atoms with Crippen molar-refractivity contribution in [3.8, 4) is 0 Å². The molecule has 1 aromatic carbocycles. The number of rotatable bonds is 12. The van der Waals surface area contributed by atoms with Crippen LogP contribution in [-0.4, -0.2) is 41.4 Å². The summed E-state index contributed by atoms with van der Waals surface area (Å²) in [6, 6.07) is 4.32. The Morgan fingerprint density at radius 1 is 1.20 bits per heavy atom. The van der Waals surface area contributed by atoms with Crippen LogP contribution in [0.25, 0.3) is 10.4 Å². The first kappa shape index (κ1) is 24.4. The van der Waals surface area contributed by atoms with Crippen molar-refractivity contribution in [1.29, 1.82) is 0 Å². The number of Topliss-reactive ketones (excluding diaryl/α,β-unsaturated/α-hetero) is 1. The van der Waals surface area contributed by atoms with Crippen molar-refractivity contribution in [3.05, 3.63) is 40.3 Å². The number of primary amides is 1. The zero-order valence-corrected chi connectivity index (χ0v) is 16.9. The molecule has 5 N–H and O–H groups in total. The van der Waals surface area contributed by atoms with Crippen LogP contribution in [0, 0.1) is 11.8 Å². The van der Waals surface area contributed by atoms with E-state index >= 15 is 0 Å². The SMILES string of the molecule is CC(C)[C@H](NC(=O)c1ccc(N=[N+]=[N-])cc1)C(=O)C[C@@H](CCCNC(N)=O)C(=O)O. The second kappa shape index (κ2) is 12.1. The number of hydrogen-bond acceptors (Lipinski definition) is 5. The maximum atomic E-state index is 12.7. The molecule has 3 amide bonds. The van der Waals surface area contributed by atoms with Crippen LogP contribution in [-0.2, 0) is 9.59 Å². The Morgan fingerprint density at radius 2 is 1.83 bits per heavy atom. The van der Waals surface area contributed by atoms with Crippen molar-refractivity contribution in [2.75, 3.05) is 6.54 Å². The van der Waals surface area contributed by atoms with Crippen LogP contribution in [0.4, 0.5) is 10.5 Å². The fourth-order valence-electron chi connectivity index (χ4n) is 2.82. The second-order valence-electron chi connectivity index (χ2n) is 7.07. The summed E-state index contributed by atoms with van der Waals surface area (Å²) in [6.07, 6.45) is 0.287. The van der Waals surface area contributed by atoms with Crippen LogP contribution in [0.3, 0.4) is 0 Å². The number of amides is 3. The molecule has 162 valence electrons. The number of urea groups is 1. The number of carboxylic acids is 1. The van der Waals surface area contributed by atoms with Gasteiger partial charge < -0.3 is 21.5 Å². The van der Waals surface area contributed by atoms with E-state index in [2.05, 4.69) is 20.7 Å². The summed E-state index contributed by atoms with van der Waals surface area (Å²) < 4.78 is 0. The highest BCUT2D eigenvalue weighted by Crippen LogP contribution is 2.17. The molecule has 0 fully saturated rings. The van der Waals surface area contributed by atoms with E-state index in [0.29, 0.717) is 12.1 Å². The van der Waals surface area contributed by atoms with Crippen LogP contribution < -0.4 is 16.4 Å². The molecule has 11 heteroatoms. The molecule has 11 nitrogen and oxygen atoms in total. The van der Waals surface area contributed by atoms with Gasteiger partial charge in [-0.15, -0.1) is 0 Å². The van der Waals surface area contributed by atoms with E-state index in [0.717, 1.165) is 0 Å². The minimum absolute atomic E-state index is 0.182. The monoisotopic (exact) mass is 418 g/mol. The summed E-state index contributed by atoms with van der Waals surface area (Å²) in [5.41, 5.74) is 14.0. The highest BCUT2D eigenvalue weighted by atomic mass is 16.4. The Morgan fingerprint density at radius 3 is 2.33 bits per heavy atom. The number of ketones is 1. The largest absolute Gasteiger partial charge is 0.481 e. The van der Waals surface area contributed by atoms with Crippen molar-refractivity contribution < 1.29 is 24.3 Å². The zero-order chi connectivity index (χ0) is 22.7. The fourth-order valence-corrected chi connectivity index (χ4v) is 2.82. The van der Waals surface area contributed by atoms with Crippen molar-refractivity contribution in [3.63, 3.8) is 0 Å². The van der Waals surface area contributed by atoms with Gasteiger partial charge in [0.05, 0.1) is 12.0 Å². The van der Waals surface area contributed by atoms with Crippen molar-refractivity contribution in [2.24, 2.45) is 22.7 Å². The third kappa shape index (κ3) is 8.19. The van der Waals surface area contributed by atoms with Crippen LogP contribution >= 0.6 is 0 Å². The molecule has 0 saturated carbocycles. The van der Waals surface area contributed by atoms with E-state index in [-0.39, 0.29) is 36.7 Å². The normalized spacial score (nSPS) is 12.4. The van der Waals surface area contributed by atoms with Gasteiger partial charge in [0, 0.05) is 29.1 Å². The predicted octanol–water partition coefficient (Wildman–Crippen LogP) is 2.49. The number of nitrogens with one attached hydrogen (secondary N) is 2. The van der Waals surface area contributed by atoms with Gasteiger partial charge >= 0.3 is 12.0 Å². The molecule has 0 saturated heterocycles. The predicted molar refractivity (Wildman–Crippen MR) is 109 cm³/mol. The van der Waals surface area contributed by atoms with Gasteiger partial charge in [-0.25, -0.2) is 4.79 Å². The summed E-state index contributed by atoms with van der Waals surface area (Å²) in [5, 5.41) is 17.8. The molecule has 0 aromatic heterocycles. The molecule has 0 aliphatic carbocycles. The molecule has 0 spiro atoms. The number of azide groups is 1. The van der Waals surface area contributed by atoms with Gasteiger partial charge in [-0.2, -0.15) is 0 Å². The van der Waals surface area contributed by atoms with Crippen LogP contribution in [0.5, 0.6) is 0 Å². The molecule has 30 heavy (non-hydrogen) atoms. The van der Waals surface area contributed by atoms with Crippen molar-refractivity contribution in [2.45, 2.75) is 39.2 Å². The number of benzene rings is 1.